The second-order valence-electron chi connectivity index (χ2n) is 8.07. The van der Waals surface area contributed by atoms with Crippen LogP contribution in [0, 0.1) is 13.8 Å². The van der Waals surface area contributed by atoms with Gasteiger partial charge in [-0.05, 0) is 74.1 Å². The Labute approximate surface area is 192 Å². The summed E-state index contributed by atoms with van der Waals surface area (Å²) in [5, 5.41) is 4.24. The summed E-state index contributed by atoms with van der Waals surface area (Å²) < 4.78 is 7.90. The van der Waals surface area contributed by atoms with E-state index < -0.39 is 0 Å². The molecule has 0 amide bonds. The third kappa shape index (κ3) is 3.80. The number of pyridine rings is 2. The molecule has 0 unspecified atom stereocenters. The molecule has 0 bridgehead atoms. The molecule has 0 aliphatic carbocycles. The van der Waals surface area contributed by atoms with Crippen LogP contribution in [0.5, 0.6) is 0 Å². The van der Waals surface area contributed by atoms with Gasteiger partial charge in [0.25, 0.3) is 0 Å². The molecule has 0 spiro atoms. The number of furan rings is 1. The highest BCUT2D eigenvalue weighted by Crippen LogP contribution is 2.41. The largest absolute Gasteiger partial charge is 0.467 e. The maximum absolute atomic E-state index is 5.81. The van der Waals surface area contributed by atoms with Gasteiger partial charge in [-0.3, -0.25) is 9.97 Å². The van der Waals surface area contributed by atoms with Gasteiger partial charge < -0.3 is 19.2 Å². The van der Waals surface area contributed by atoms with Crippen LogP contribution in [-0.4, -0.2) is 24.5 Å². The van der Waals surface area contributed by atoms with E-state index in [9.17, 15) is 0 Å². The van der Waals surface area contributed by atoms with Crippen molar-refractivity contribution in [3.8, 4) is 0 Å². The van der Waals surface area contributed by atoms with Crippen molar-refractivity contribution < 1.29 is 4.42 Å². The van der Waals surface area contributed by atoms with Gasteiger partial charge in [-0.15, -0.1) is 0 Å². The molecule has 5 rings (SSSR count). The van der Waals surface area contributed by atoms with Crippen molar-refractivity contribution in [2.24, 2.45) is 0 Å². The molecule has 0 saturated carbocycles. The Hall–Kier alpha value is -3.45. The van der Waals surface area contributed by atoms with Gasteiger partial charge in [-0.1, -0.05) is 12.1 Å². The Bertz CT molecular complexity index is 1200. The van der Waals surface area contributed by atoms with Gasteiger partial charge in [0.05, 0.1) is 42.8 Å². The highest BCUT2D eigenvalue weighted by Gasteiger charge is 2.41. The first-order valence-electron chi connectivity index (χ1n) is 10.7. The fourth-order valence-electron chi connectivity index (χ4n) is 4.51. The van der Waals surface area contributed by atoms with Gasteiger partial charge in [0.1, 0.15) is 5.76 Å². The Kier molecular flexibility index (Phi) is 5.49. The Balaban J connectivity index is 1.57. The monoisotopic (exact) mass is 443 g/mol. The van der Waals surface area contributed by atoms with Crippen LogP contribution < -0.4 is 5.32 Å². The SMILES string of the molecule is Cc1cc([C@@H]2[C@H](c3ccccn3)NC(=S)N2Cc2ccccn2)c(C)n1Cc1ccco1. The summed E-state index contributed by atoms with van der Waals surface area (Å²) in [6.07, 6.45) is 5.37. The second kappa shape index (κ2) is 8.59. The number of aromatic nitrogens is 3. The Morgan fingerprint density at radius 2 is 1.81 bits per heavy atom. The lowest BCUT2D eigenvalue weighted by atomic mass is 9.96. The zero-order valence-corrected chi connectivity index (χ0v) is 18.9. The van der Waals surface area contributed by atoms with Gasteiger partial charge in [0.2, 0.25) is 0 Å². The first-order valence-corrected chi connectivity index (χ1v) is 11.1. The van der Waals surface area contributed by atoms with Crippen molar-refractivity contribution in [3.05, 3.63) is 107 Å². The summed E-state index contributed by atoms with van der Waals surface area (Å²) in [6.45, 7) is 5.63. The molecule has 0 radical (unpaired) electrons. The molecule has 1 aliphatic rings. The van der Waals surface area contributed by atoms with E-state index in [1.54, 1.807) is 6.26 Å². The molecule has 5 heterocycles. The van der Waals surface area contributed by atoms with E-state index in [-0.39, 0.29) is 12.1 Å². The van der Waals surface area contributed by atoms with Crippen molar-refractivity contribution in [1.82, 2.24) is 24.8 Å². The number of aryl methyl sites for hydroxylation is 1. The highest BCUT2D eigenvalue weighted by atomic mass is 32.1. The van der Waals surface area contributed by atoms with E-state index in [1.165, 1.54) is 17.0 Å². The normalized spacial score (nSPS) is 18.2. The van der Waals surface area contributed by atoms with Crippen LogP contribution in [-0.2, 0) is 13.1 Å². The summed E-state index contributed by atoms with van der Waals surface area (Å²) in [6, 6.07) is 18.1. The van der Waals surface area contributed by atoms with Crippen LogP contribution in [0.1, 0.15) is 46.2 Å². The maximum atomic E-state index is 5.81. The molecule has 2 atom stereocenters. The molecule has 6 nitrogen and oxygen atoms in total. The van der Waals surface area contributed by atoms with Crippen LogP contribution >= 0.6 is 12.2 Å². The molecule has 1 saturated heterocycles. The van der Waals surface area contributed by atoms with Crippen LogP contribution in [0.2, 0.25) is 0 Å². The number of rotatable bonds is 6. The quantitative estimate of drug-likeness (QED) is 0.436. The van der Waals surface area contributed by atoms with E-state index in [0.29, 0.717) is 18.2 Å². The molecule has 162 valence electrons. The fourth-order valence-corrected chi connectivity index (χ4v) is 4.81. The highest BCUT2D eigenvalue weighted by molar-refractivity contribution is 7.80. The zero-order valence-electron chi connectivity index (χ0n) is 18.1. The van der Waals surface area contributed by atoms with E-state index >= 15 is 0 Å². The van der Waals surface area contributed by atoms with Gasteiger partial charge in [0, 0.05) is 23.8 Å². The third-order valence-electron chi connectivity index (χ3n) is 6.08. The number of hydrogen-bond donors (Lipinski definition) is 1. The fraction of sp³-hybridized carbons (Fsp3) is 0.240. The number of thiocarbonyl (C=S) groups is 1. The molecule has 1 fully saturated rings. The second-order valence-corrected chi connectivity index (χ2v) is 8.45. The minimum atomic E-state index is -0.0509. The van der Waals surface area contributed by atoms with Crippen LogP contribution in [0.4, 0.5) is 0 Å². The topological polar surface area (TPSA) is 59.1 Å². The van der Waals surface area contributed by atoms with Crippen LogP contribution in [0.25, 0.3) is 0 Å². The van der Waals surface area contributed by atoms with E-state index in [0.717, 1.165) is 17.1 Å². The molecule has 4 aromatic rings. The number of nitrogens with zero attached hydrogens (tertiary/aromatic N) is 4. The van der Waals surface area contributed by atoms with Gasteiger partial charge >= 0.3 is 0 Å². The zero-order chi connectivity index (χ0) is 22.1. The summed E-state index contributed by atoms with van der Waals surface area (Å²) >= 11 is 5.81. The molecule has 1 aliphatic heterocycles. The molecule has 0 aromatic carbocycles. The number of nitrogens with one attached hydrogen (secondary N) is 1. The Morgan fingerprint density at radius 3 is 2.50 bits per heavy atom. The van der Waals surface area contributed by atoms with E-state index in [1.807, 2.05) is 54.9 Å². The van der Waals surface area contributed by atoms with Crippen molar-refractivity contribution in [1.29, 1.82) is 0 Å². The third-order valence-corrected chi connectivity index (χ3v) is 6.43. The number of hydrogen-bond acceptors (Lipinski definition) is 4. The van der Waals surface area contributed by atoms with Crippen LogP contribution in [0.3, 0.4) is 0 Å². The predicted octanol–water partition coefficient (Wildman–Crippen LogP) is 4.71. The molecular weight excluding hydrogens is 418 g/mol. The first-order chi connectivity index (χ1) is 15.6. The summed E-state index contributed by atoms with van der Waals surface area (Å²) in [4.78, 5) is 11.4. The lowest BCUT2D eigenvalue weighted by Gasteiger charge is -2.28. The van der Waals surface area contributed by atoms with Crippen molar-refractivity contribution >= 4 is 17.3 Å². The lowest BCUT2D eigenvalue weighted by Crippen LogP contribution is -2.29. The molecular formula is C25H25N5OS. The first kappa shape index (κ1) is 20.5. The molecule has 7 heteroatoms. The predicted molar refractivity (Wildman–Crippen MR) is 127 cm³/mol. The summed E-state index contributed by atoms with van der Waals surface area (Å²) in [5.41, 5.74) is 5.56. The summed E-state index contributed by atoms with van der Waals surface area (Å²) in [5.74, 6) is 0.935. The average molecular weight is 444 g/mol. The maximum Gasteiger partial charge on any atom is 0.170 e. The molecule has 1 N–H and O–H groups in total. The van der Waals surface area contributed by atoms with Crippen molar-refractivity contribution in [3.63, 3.8) is 0 Å². The lowest BCUT2D eigenvalue weighted by molar-refractivity contribution is 0.307. The summed E-state index contributed by atoms with van der Waals surface area (Å²) in [7, 11) is 0. The molecule has 32 heavy (non-hydrogen) atoms. The van der Waals surface area contributed by atoms with Gasteiger partial charge in [-0.2, -0.15) is 0 Å². The Morgan fingerprint density at radius 1 is 1.00 bits per heavy atom. The van der Waals surface area contributed by atoms with Crippen molar-refractivity contribution in [2.75, 3.05) is 0 Å². The van der Waals surface area contributed by atoms with E-state index in [2.05, 4.69) is 50.7 Å². The van der Waals surface area contributed by atoms with Crippen molar-refractivity contribution in [2.45, 2.75) is 39.0 Å². The van der Waals surface area contributed by atoms with Gasteiger partial charge in [0.15, 0.2) is 5.11 Å². The minimum Gasteiger partial charge on any atom is -0.467 e. The van der Waals surface area contributed by atoms with Gasteiger partial charge in [-0.25, -0.2) is 0 Å². The molecule has 4 aromatic heterocycles. The average Bonchev–Trinajstić information content (AvgIpc) is 3.51. The minimum absolute atomic E-state index is 0.00374. The standard InChI is InChI=1S/C25H25N5OS/c1-17-14-21(18(2)29(17)16-20-9-7-13-31-20)24-23(22-10-4-6-12-27-22)28-25(32)30(24)15-19-8-3-5-11-26-19/h3-14,23-24H,15-16H2,1-2H3,(H,28,32)/t23-,24+/m0/s1. The smallest absolute Gasteiger partial charge is 0.170 e. The van der Waals surface area contributed by atoms with E-state index in [4.69, 9.17) is 16.6 Å². The van der Waals surface area contributed by atoms with Crippen LogP contribution in [0.15, 0.2) is 77.7 Å².